The lowest BCUT2D eigenvalue weighted by Crippen LogP contribution is -2.43. The lowest BCUT2D eigenvalue weighted by Gasteiger charge is -2.30. The van der Waals surface area contributed by atoms with Crippen LogP contribution >= 0.6 is 11.8 Å². The summed E-state index contributed by atoms with van der Waals surface area (Å²) in [6, 6.07) is 0.251. The molecule has 0 aromatic carbocycles. The van der Waals surface area contributed by atoms with Crippen LogP contribution in [0, 0.1) is 0 Å². The van der Waals surface area contributed by atoms with Crippen LogP contribution in [0.4, 0.5) is 5.82 Å². The normalized spacial score (nSPS) is 21.8. The number of hydrogen-bond donors (Lipinski definition) is 2. The fraction of sp³-hybridized carbons (Fsp3) is 0.667. The van der Waals surface area contributed by atoms with Gasteiger partial charge < -0.3 is 10.6 Å². The van der Waals surface area contributed by atoms with Crippen LogP contribution in [0.5, 0.6) is 0 Å². The van der Waals surface area contributed by atoms with Gasteiger partial charge in [0.2, 0.25) is 0 Å². The fourth-order valence-electron chi connectivity index (χ4n) is 2.58. The Kier molecular flexibility index (Phi) is 6.29. The molecule has 1 fully saturated rings. The molecule has 0 radical (unpaired) electrons. The first-order valence-corrected chi connectivity index (χ1v) is 8.93. The molecule has 1 aliphatic rings. The van der Waals surface area contributed by atoms with Gasteiger partial charge in [-0.2, -0.15) is 11.8 Å². The van der Waals surface area contributed by atoms with Gasteiger partial charge in [-0.3, -0.25) is 4.79 Å². The maximum absolute atomic E-state index is 12.3. The molecule has 116 valence electrons. The third kappa shape index (κ3) is 4.59. The first kappa shape index (κ1) is 16.1. The lowest BCUT2D eigenvalue weighted by molar-refractivity contribution is 0.0924. The molecule has 2 N–H and O–H groups in total. The summed E-state index contributed by atoms with van der Waals surface area (Å²) in [5, 5.41) is 6.78. The van der Waals surface area contributed by atoms with E-state index in [2.05, 4.69) is 33.8 Å². The van der Waals surface area contributed by atoms with E-state index < -0.39 is 0 Å². The number of hydrogen-bond acceptors (Lipinski definition) is 5. The van der Waals surface area contributed by atoms with Gasteiger partial charge in [0.1, 0.15) is 11.5 Å². The van der Waals surface area contributed by atoms with E-state index in [0.29, 0.717) is 16.8 Å². The van der Waals surface area contributed by atoms with Crippen LogP contribution in [-0.4, -0.2) is 40.0 Å². The summed E-state index contributed by atoms with van der Waals surface area (Å²) in [6.07, 6.45) is 11.0. The third-order valence-corrected chi connectivity index (χ3v) is 4.93. The quantitative estimate of drug-likeness (QED) is 0.846. The molecule has 21 heavy (non-hydrogen) atoms. The molecule has 2 rings (SSSR count). The van der Waals surface area contributed by atoms with E-state index in [0.717, 1.165) is 19.4 Å². The molecule has 2 atom stereocenters. The molecule has 0 aliphatic heterocycles. The molecule has 1 amide bonds. The molecule has 1 aromatic heterocycles. The zero-order valence-electron chi connectivity index (χ0n) is 12.8. The van der Waals surface area contributed by atoms with Crippen molar-refractivity contribution in [3.05, 3.63) is 18.1 Å². The average molecular weight is 308 g/mol. The number of aromatic nitrogens is 2. The number of thioether (sulfide) groups is 1. The molecule has 1 saturated carbocycles. The Bertz CT molecular complexity index is 451. The van der Waals surface area contributed by atoms with Crippen LogP contribution in [-0.2, 0) is 0 Å². The standard InChI is InChI=1S/C15H24N4OS/c1-3-8-16-14-10-17-12(9-18-14)15(20)19-11-6-4-5-7-13(11)21-2/h9-11,13H,3-8H2,1-2H3,(H,16,18)(H,19,20). The summed E-state index contributed by atoms with van der Waals surface area (Å²) in [6.45, 7) is 2.95. The van der Waals surface area contributed by atoms with Crippen LogP contribution in [0.2, 0.25) is 0 Å². The minimum Gasteiger partial charge on any atom is -0.369 e. The molecule has 6 heteroatoms. The van der Waals surface area contributed by atoms with Gasteiger partial charge in [-0.15, -0.1) is 0 Å². The maximum Gasteiger partial charge on any atom is 0.271 e. The number of carbonyl (C=O) groups excluding carboxylic acids is 1. The van der Waals surface area contributed by atoms with E-state index in [9.17, 15) is 4.79 Å². The smallest absolute Gasteiger partial charge is 0.271 e. The van der Waals surface area contributed by atoms with E-state index >= 15 is 0 Å². The summed E-state index contributed by atoms with van der Waals surface area (Å²) < 4.78 is 0. The number of anilines is 1. The second-order valence-electron chi connectivity index (χ2n) is 5.35. The molecular weight excluding hydrogens is 284 g/mol. The Morgan fingerprint density at radius 1 is 1.33 bits per heavy atom. The van der Waals surface area contributed by atoms with E-state index in [1.807, 2.05) is 11.8 Å². The fourth-order valence-corrected chi connectivity index (χ4v) is 3.51. The molecule has 1 heterocycles. The Morgan fingerprint density at radius 2 is 2.14 bits per heavy atom. The van der Waals surface area contributed by atoms with Crippen LogP contribution in [0.15, 0.2) is 12.4 Å². The predicted molar refractivity (Wildman–Crippen MR) is 87.8 cm³/mol. The highest BCUT2D eigenvalue weighted by Gasteiger charge is 2.26. The van der Waals surface area contributed by atoms with Gasteiger partial charge in [-0.1, -0.05) is 19.8 Å². The second-order valence-corrected chi connectivity index (χ2v) is 6.43. The van der Waals surface area contributed by atoms with Crippen molar-refractivity contribution in [1.29, 1.82) is 0 Å². The van der Waals surface area contributed by atoms with E-state index in [-0.39, 0.29) is 11.9 Å². The van der Waals surface area contributed by atoms with Gasteiger partial charge in [0.15, 0.2) is 0 Å². The Morgan fingerprint density at radius 3 is 2.81 bits per heavy atom. The summed E-state index contributed by atoms with van der Waals surface area (Å²) in [5.74, 6) is 0.601. The van der Waals surface area contributed by atoms with Gasteiger partial charge in [-0.25, -0.2) is 9.97 Å². The zero-order valence-corrected chi connectivity index (χ0v) is 13.6. The highest BCUT2D eigenvalue weighted by atomic mass is 32.2. The first-order chi connectivity index (χ1) is 10.2. The van der Waals surface area contributed by atoms with Crippen LogP contribution in [0.25, 0.3) is 0 Å². The van der Waals surface area contributed by atoms with Crippen molar-refractivity contribution < 1.29 is 4.79 Å². The van der Waals surface area contributed by atoms with Crippen molar-refractivity contribution in [2.24, 2.45) is 0 Å². The number of amides is 1. The van der Waals surface area contributed by atoms with Crippen LogP contribution in [0.1, 0.15) is 49.5 Å². The molecule has 0 saturated heterocycles. The molecule has 1 aromatic rings. The predicted octanol–water partition coefficient (Wildman–Crippen LogP) is 2.70. The Hall–Kier alpha value is -1.30. The van der Waals surface area contributed by atoms with E-state index in [4.69, 9.17) is 0 Å². The number of nitrogens with zero attached hydrogens (tertiary/aromatic N) is 2. The van der Waals surface area contributed by atoms with Gasteiger partial charge in [0, 0.05) is 17.8 Å². The summed E-state index contributed by atoms with van der Waals surface area (Å²) in [5.41, 5.74) is 0.391. The monoisotopic (exact) mass is 308 g/mol. The van der Waals surface area contributed by atoms with Crippen molar-refractivity contribution in [1.82, 2.24) is 15.3 Å². The van der Waals surface area contributed by atoms with Gasteiger partial charge in [0.25, 0.3) is 5.91 Å². The van der Waals surface area contributed by atoms with Crippen LogP contribution in [0.3, 0.4) is 0 Å². The van der Waals surface area contributed by atoms with E-state index in [1.54, 1.807) is 12.4 Å². The van der Waals surface area contributed by atoms with Crippen molar-refractivity contribution in [3.8, 4) is 0 Å². The number of nitrogens with one attached hydrogen (secondary N) is 2. The third-order valence-electron chi connectivity index (χ3n) is 3.76. The molecule has 1 aliphatic carbocycles. The first-order valence-electron chi connectivity index (χ1n) is 7.64. The molecule has 2 unspecified atom stereocenters. The Balaban J connectivity index is 1.93. The largest absolute Gasteiger partial charge is 0.369 e. The second kappa shape index (κ2) is 8.22. The molecular formula is C15H24N4OS. The van der Waals surface area contributed by atoms with Gasteiger partial charge >= 0.3 is 0 Å². The summed E-state index contributed by atoms with van der Waals surface area (Å²) in [4.78, 5) is 20.7. The lowest BCUT2D eigenvalue weighted by atomic mass is 9.95. The highest BCUT2D eigenvalue weighted by Crippen LogP contribution is 2.27. The SMILES string of the molecule is CCCNc1cnc(C(=O)NC2CCCCC2SC)cn1. The summed E-state index contributed by atoms with van der Waals surface area (Å²) >= 11 is 1.84. The van der Waals surface area contributed by atoms with Crippen molar-refractivity contribution in [2.75, 3.05) is 18.1 Å². The highest BCUT2D eigenvalue weighted by molar-refractivity contribution is 7.99. The molecule has 0 spiro atoms. The van der Waals surface area contributed by atoms with Gasteiger partial charge in [-0.05, 0) is 25.5 Å². The summed E-state index contributed by atoms with van der Waals surface area (Å²) in [7, 11) is 0. The molecule has 0 bridgehead atoms. The average Bonchev–Trinajstić information content (AvgIpc) is 2.54. The Labute approximate surface area is 130 Å². The molecule has 5 nitrogen and oxygen atoms in total. The van der Waals surface area contributed by atoms with Crippen molar-refractivity contribution in [2.45, 2.75) is 50.3 Å². The van der Waals surface area contributed by atoms with Crippen molar-refractivity contribution in [3.63, 3.8) is 0 Å². The number of rotatable bonds is 6. The van der Waals surface area contributed by atoms with Crippen molar-refractivity contribution >= 4 is 23.5 Å². The minimum absolute atomic E-state index is 0.115. The maximum atomic E-state index is 12.3. The minimum atomic E-state index is -0.115. The zero-order chi connectivity index (χ0) is 15.1. The van der Waals surface area contributed by atoms with Gasteiger partial charge in [0.05, 0.1) is 12.4 Å². The van der Waals surface area contributed by atoms with E-state index in [1.165, 1.54) is 19.3 Å². The topological polar surface area (TPSA) is 66.9 Å². The number of carbonyl (C=O) groups is 1. The van der Waals surface area contributed by atoms with Crippen LogP contribution < -0.4 is 10.6 Å².